The molecule has 0 spiro atoms. The first-order chi connectivity index (χ1) is 22.6. The molecule has 12 nitrogen and oxygen atoms in total. The zero-order valence-electron chi connectivity index (χ0n) is 28.6. The number of hydrogen-bond acceptors (Lipinski definition) is 8. The fourth-order valence-corrected chi connectivity index (χ4v) is 11.2. The maximum Gasteiger partial charge on any atom is 0.519 e. The van der Waals surface area contributed by atoms with E-state index in [4.69, 9.17) is 10.7 Å². The van der Waals surface area contributed by atoms with E-state index in [-0.39, 0.29) is 34.9 Å². The fourth-order valence-electron chi connectivity index (χ4n) is 10.7. The highest BCUT2D eigenvalue weighted by molar-refractivity contribution is 7.88. The number of hydrogen-bond donors (Lipinski definition) is 3. The van der Waals surface area contributed by atoms with Gasteiger partial charge in [0.1, 0.15) is 29.5 Å². The second-order valence-electron chi connectivity index (χ2n) is 16.2. The molecule has 6 unspecified atom stereocenters. The molecule has 4 bridgehead atoms. The van der Waals surface area contributed by atoms with Crippen molar-refractivity contribution in [2.75, 3.05) is 61.9 Å². The number of quaternary nitrogens is 1. The molecule has 2 aliphatic heterocycles. The minimum absolute atomic E-state index is 0.0908. The monoisotopic (exact) mass is 680 g/mol. The molecule has 2 aromatic rings. The maximum atomic E-state index is 13.8. The molecule has 2 amide bonds. The Labute approximate surface area is 283 Å². The Kier molecular flexibility index (Phi) is 7.89. The van der Waals surface area contributed by atoms with Gasteiger partial charge in [-0.2, -0.15) is 9.28 Å². The van der Waals surface area contributed by atoms with Crippen LogP contribution in [0.1, 0.15) is 52.9 Å². The van der Waals surface area contributed by atoms with Crippen molar-refractivity contribution in [2.45, 2.75) is 64.5 Å². The van der Waals surface area contributed by atoms with Gasteiger partial charge in [0, 0.05) is 50.2 Å². The minimum Gasteiger partial charge on any atom is -0.435 e. The third-order valence-corrected chi connectivity index (χ3v) is 13.0. The number of carboxylic acid groups (broad SMARTS) is 1. The van der Waals surface area contributed by atoms with E-state index in [1.807, 2.05) is 36.5 Å². The van der Waals surface area contributed by atoms with Crippen LogP contribution in [0.3, 0.4) is 0 Å². The van der Waals surface area contributed by atoms with Crippen LogP contribution in [-0.4, -0.2) is 99.1 Å². The molecule has 48 heavy (non-hydrogen) atoms. The lowest BCUT2D eigenvalue weighted by Crippen LogP contribution is -2.78. The average molecular weight is 681 g/mol. The highest BCUT2D eigenvalue weighted by atomic mass is 32.2. The van der Waals surface area contributed by atoms with Gasteiger partial charge in [-0.15, -0.1) is 0 Å². The number of aromatic nitrogens is 1. The molecule has 1 aromatic carbocycles. The lowest BCUT2D eigenvalue weighted by atomic mass is 9.41. The highest BCUT2D eigenvalue weighted by Gasteiger charge is 2.73. The number of fused-ring (bicyclic) bond motifs is 1. The Hall–Kier alpha value is -3.26. The summed E-state index contributed by atoms with van der Waals surface area (Å²) in [6.07, 6.45) is 5.31. The molecule has 6 aliphatic rings. The molecule has 4 N–H and O–H groups in total. The molecular weight excluding hydrogens is 630 g/mol. The number of para-hydroxylation sites is 2. The molecular formula is C35H50N7O5S+. The summed E-state index contributed by atoms with van der Waals surface area (Å²) in [7, 11) is -3.44. The summed E-state index contributed by atoms with van der Waals surface area (Å²) in [5.41, 5.74) is 7.47. The van der Waals surface area contributed by atoms with E-state index in [0.717, 1.165) is 62.5 Å². The summed E-state index contributed by atoms with van der Waals surface area (Å²) in [5, 5.41) is 11.3. The van der Waals surface area contributed by atoms with Gasteiger partial charge in [-0.05, 0) is 82.4 Å². The van der Waals surface area contributed by atoms with E-state index >= 15 is 0 Å². The molecule has 1 saturated heterocycles. The standard InChI is InChI=1S/C35H49N7O5S/c1-33(2,3)40-13-11-39(12-14-40)26-9-10-29(37-21-26)41-15-16-42(32(44)45,28-8-6-5-7-27(28)41)30-25-17-24-18-34(20-25,23-38-48(4,46)47)22-35(30,19-24)31(36)43/h5-10,21,24-25,30,38H,11-20,22-23H2,1-4H3,(H2-,36,43,44,45)/p+1. The Balaban J connectivity index is 1.21. The first kappa shape index (κ1) is 33.2. The van der Waals surface area contributed by atoms with Crippen molar-refractivity contribution in [1.82, 2.24) is 19.1 Å². The number of primary amides is 1. The van der Waals surface area contributed by atoms with Crippen molar-refractivity contribution < 1.29 is 23.1 Å². The topological polar surface area (TPSA) is 149 Å². The number of benzene rings is 1. The van der Waals surface area contributed by atoms with Crippen molar-refractivity contribution in [2.24, 2.45) is 28.4 Å². The number of piperazine rings is 1. The van der Waals surface area contributed by atoms with E-state index in [9.17, 15) is 23.1 Å². The van der Waals surface area contributed by atoms with Crippen molar-refractivity contribution in [1.29, 1.82) is 0 Å². The van der Waals surface area contributed by atoms with Gasteiger partial charge in [0.15, 0.2) is 5.69 Å². The quantitative estimate of drug-likeness (QED) is 0.372. The molecule has 3 heterocycles. The number of nitrogens with two attached hydrogens (primary N) is 1. The molecule has 5 fully saturated rings. The third-order valence-electron chi connectivity index (χ3n) is 12.3. The number of pyridine rings is 1. The van der Waals surface area contributed by atoms with Crippen LogP contribution in [-0.2, 0) is 14.8 Å². The zero-order valence-corrected chi connectivity index (χ0v) is 29.4. The van der Waals surface area contributed by atoms with Crippen molar-refractivity contribution in [3.05, 3.63) is 42.6 Å². The number of rotatable bonds is 7. The van der Waals surface area contributed by atoms with Crippen LogP contribution in [0.25, 0.3) is 0 Å². The number of amides is 2. The number of carbonyl (C=O) groups is 2. The average Bonchev–Trinajstić information content (AvgIpc) is 3.03. The molecule has 13 heteroatoms. The Bertz CT molecular complexity index is 1710. The van der Waals surface area contributed by atoms with Crippen LogP contribution in [0.2, 0.25) is 0 Å². The molecule has 4 aliphatic carbocycles. The first-order valence-corrected chi connectivity index (χ1v) is 19.2. The van der Waals surface area contributed by atoms with E-state index in [2.05, 4.69) is 46.3 Å². The van der Waals surface area contributed by atoms with E-state index in [1.165, 1.54) is 0 Å². The predicted molar refractivity (Wildman–Crippen MR) is 187 cm³/mol. The van der Waals surface area contributed by atoms with Gasteiger partial charge in [-0.3, -0.25) is 9.69 Å². The van der Waals surface area contributed by atoms with Crippen LogP contribution in [0.15, 0.2) is 42.6 Å². The number of sulfonamides is 1. The van der Waals surface area contributed by atoms with Crippen molar-refractivity contribution in [3.63, 3.8) is 0 Å². The van der Waals surface area contributed by atoms with Crippen LogP contribution in [0, 0.1) is 22.7 Å². The largest absolute Gasteiger partial charge is 0.519 e. The molecule has 0 radical (unpaired) electrons. The van der Waals surface area contributed by atoms with E-state index in [0.29, 0.717) is 31.5 Å². The summed E-state index contributed by atoms with van der Waals surface area (Å²) in [6, 6.07) is 11.2. The number of carbonyl (C=O) groups excluding carboxylic acids is 1. The first-order valence-electron chi connectivity index (χ1n) is 17.3. The van der Waals surface area contributed by atoms with Gasteiger partial charge in [-0.25, -0.2) is 18.1 Å². The van der Waals surface area contributed by atoms with Gasteiger partial charge in [0.25, 0.3) is 0 Å². The Morgan fingerprint density at radius 3 is 2.42 bits per heavy atom. The summed E-state index contributed by atoms with van der Waals surface area (Å²) < 4.78 is 26.6. The fraction of sp³-hybridized carbons (Fsp3) is 0.629. The summed E-state index contributed by atoms with van der Waals surface area (Å²) in [4.78, 5) is 39.4. The summed E-state index contributed by atoms with van der Waals surface area (Å²) >= 11 is 0. The number of nitrogens with one attached hydrogen (secondary N) is 1. The lowest BCUT2D eigenvalue weighted by molar-refractivity contribution is -0.173. The van der Waals surface area contributed by atoms with Crippen molar-refractivity contribution in [3.8, 4) is 0 Å². The summed E-state index contributed by atoms with van der Waals surface area (Å²) in [6.45, 7) is 11.5. The highest BCUT2D eigenvalue weighted by Crippen LogP contribution is 2.68. The van der Waals surface area contributed by atoms with Crippen molar-refractivity contribution >= 4 is 44.9 Å². The number of nitrogens with zero attached hydrogens (tertiary/aromatic N) is 5. The predicted octanol–water partition coefficient (Wildman–Crippen LogP) is 3.74. The molecule has 1 aromatic heterocycles. The van der Waals surface area contributed by atoms with Gasteiger partial charge in [0.05, 0.1) is 24.7 Å². The number of anilines is 3. The van der Waals surface area contributed by atoms with Crippen LogP contribution in [0.5, 0.6) is 0 Å². The Morgan fingerprint density at radius 1 is 1.06 bits per heavy atom. The van der Waals surface area contributed by atoms with Crippen LogP contribution >= 0.6 is 0 Å². The molecule has 8 rings (SSSR count). The molecule has 260 valence electrons. The van der Waals surface area contributed by atoms with Gasteiger partial charge >= 0.3 is 6.09 Å². The Morgan fingerprint density at radius 2 is 1.79 bits per heavy atom. The minimum atomic E-state index is -3.44. The lowest BCUT2D eigenvalue weighted by Gasteiger charge is -2.66. The maximum absolute atomic E-state index is 13.8. The smallest absolute Gasteiger partial charge is 0.435 e. The van der Waals surface area contributed by atoms with Gasteiger partial charge in [0.2, 0.25) is 15.9 Å². The van der Waals surface area contributed by atoms with E-state index < -0.39 is 38.9 Å². The van der Waals surface area contributed by atoms with Gasteiger partial charge in [-0.1, -0.05) is 12.1 Å². The van der Waals surface area contributed by atoms with E-state index in [1.54, 1.807) is 0 Å². The SMILES string of the molecule is CC(C)(C)N1CCN(c2ccc(N3CC[N+](C(=O)O)(C4C5CC6CC(CNS(C)(=O)=O)(C5)CC4(C(N)=O)C6)c4ccccc43)nc2)CC1. The molecule has 6 atom stereocenters. The summed E-state index contributed by atoms with van der Waals surface area (Å²) in [5.74, 6) is 0.395. The normalized spacial score (nSPS) is 33.5. The van der Waals surface area contributed by atoms with Gasteiger partial charge < -0.3 is 20.6 Å². The second kappa shape index (κ2) is 11.4. The molecule has 4 saturated carbocycles. The van der Waals surface area contributed by atoms with Crippen LogP contribution in [0.4, 0.5) is 27.7 Å². The zero-order chi connectivity index (χ0) is 34.3. The van der Waals surface area contributed by atoms with Crippen LogP contribution < -0.4 is 24.7 Å². The third kappa shape index (κ3) is 5.37. The second-order valence-corrected chi connectivity index (χ2v) is 18.1.